The number of aryl methyl sites for hydroxylation is 1. The van der Waals surface area contributed by atoms with Gasteiger partial charge in [0.2, 0.25) is 0 Å². The molecule has 2 aromatic heterocycles. The van der Waals surface area contributed by atoms with Gasteiger partial charge in [-0.25, -0.2) is 0 Å². The van der Waals surface area contributed by atoms with Crippen LogP contribution in [0.1, 0.15) is 44.9 Å². The molecule has 0 bridgehead atoms. The van der Waals surface area contributed by atoms with Crippen LogP contribution < -0.4 is 10.6 Å². The summed E-state index contributed by atoms with van der Waals surface area (Å²) in [5, 5.41) is 15.3. The first-order chi connectivity index (χ1) is 13.3. The fraction of sp³-hybridized carbons (Fsp3) is 0.650. The van der Waals surface area contributed by atoms with E-state index in [2.05, 4.69) is 42.0 Å². The Bertz CT molecular complexity index is 724. The third kappa shape index (κ3) is 5.66. The normalized spacial score (nSPS) is 18.7. The Morgan fingerprint density at radius 2 is 2.04 bits per heavy atom. The minimum atomic E-state index is 0.740. The zero-order valence-corrected chi connectivity index (χ0v) is 16.7. The van der Waals surface area contributed by atoms with Crippen LogP contribution in [0.25, 0.3) is 5.65 Å². The van der Waals surface area contributed by atoms with Crippen molar-refractivity contribution in [2.24, 2.45) is 4.99 Å². The van der Waals surface area contributed by atoms with Crippen LogP contribution >= 0.6 is 0 Å². The lowest BCUT2D eigenvalue weighted by Gasteiger charge is -2.33. The van der Waals surface area contributed by atoms with Gasteiger partial charge >= 0.3 is 0 Å². The van der Waals surface area contributed by atoms with Gasteiger partial charge in [0.15, 0.2) is 11.6 Å². The molecule has 148 valence electrons. The lowest BCUT2D eigenvalue weighted by molar-refractivity contribution is 0.159. The quantitative estimate of drug-likeness (QED) is 0.422. The SMILES string of the molecule is CN=C(NCCCc1nnc2ccccn12)NCCCN1CCCCC1C. The molecule has 1 saturated heterocycles. The molecule has 0 amide bonds. The van der Waals surface area contributed by atoms with Gasteiger partial charge < -0.3 is 15.5 Å². The Kier molecular flexibility index (Phi) is 7.45. The summed E-state index contributed by atoms with van der Waals surface area (Å²) >= 11 is 0. The number of aromatic nitrogens is 3. The summed E-state index contributed by atoms with van der Waals surface area (Å²) in [7, 11) is 1.83. The van der Waals surface area contributed by atoms with E-state index < -0.39 is 0 Å². The van der Waals surface area contributed by atoms with Gasteiger partial charge in [-0.15, -0.1) is 10.2 Å². The minimum Gasteiger partial charge on any atom is -0.356 e. The summed E-state index contributed by atoms with van der Waals surface area (Å²) in [6.45, 7) is 6.60. The maximum absolute atomic E-state index is 4.32. The molecule has 27 heavy (non-hydrogen) atoms. The Hall–Kier alpha value is -2.15. The molecule has 2 aromatic rings. The summed E-state index contributed by atoms with van der Waals surface area (Å²) in [5.41, 5.74) is 0.904. The number of guanidine groups is 1. The van der Waals surface area contributed by atoms with Crippen molar-refractivity contribution in [3.05, 3.63) is 30.2 Å². The summed E-state index contributed by atoms with van der Waals surface area (Å²) in [5.74, 6) is 1.89. The summed E-state index contributed by atoms with van der Waals surface area (Å²) in [6.07, 6.45) is 9.12. The standard InChI is InChI=1S/C20H33N7/c1-17-9-3-5-14-26(17)15-8-13-23-20(21-2)22-12-7-11-19-25-24-18-10-4-6-16-27(18)19/h4,6,10,16-17H,3,5,7-9,11-15H2,1-2H3,(H2,21,22,23). The molecule has 1 aliphatic heterocycles. The Morgan fingerprint density at radius 1 is 1.19 bits per heavy atom. The van der Waals surface area contributed by atoms with E-state index >= 15 is 0 Å². The molecule has 1 fully saturated rings. The monoisotopic (exact) mass is 371 g/mol. The van der Waals surface area contributed by atoms with Crippen molar-refractivity contribution >= 4 is 11.6 Å². The van der Waals surface area contributed by atoms with E-state index in [1.807, 2.05) is 31.4 Å². The Balaban J connectivity index is 1.31. The van der Waals surface area contributed by atoms with Crippen molar-refractivity contribution in [2.75, 3.05) is 33.2 Å². The molecule has 2 N–H and O–H groups in total. The van der Waals surface area contributed by atoms with Crippen molar-refractivity contribution in [3.63, 3.8) is 0 Å². The van der Waals surface area contributed by atoms with Crippen molar-refractivity contribution in [1.29, 1.82) is 0 Å². The highest BCUT2D eigenvalue weighted by Gasteiger charge is 2.17. The van der Waals surface area contributed by atoms with Gasteiger partial charge in [-0.2, -0.15) is 0 Å². The van der Waals surface area contributed by atoms with Crippen molar-refractivity contribution in [3.8, 4) is 0 Å². The number of likely N-dealkylation sites (tertiary alicyclic amines) is 1. The fourth-order valence-corrected chi connectivity index (χ4v) is 3.71. The number of pyridine rings is 1. The second-order valence-corrected chi connectivity index (χ2v) is 7.31. The predicted octanol–water partition coefficient (Wildman–Crippen LogP) is 2.09. The predicted molar refractivity (Wildman–Crippen MR) is 110 cm³/mol. The molecule has 0 spiro atoms. The second kappa shape index (κ2) is 10.3. The maximum atomic E-state index is 4.32. The van der Waals surface area contributed by atoms with Gasteiger partial charge in [-0.1, -0.05) is 12.5 Å². The van der Waals surface area contributed by atoms with E-state index in [1.165, 1.54) is 32.4 Å². The molecular weight excluding hydrogens is 338 g/mol. The molecule has 3 rings (SSSR count). The number of piperidine rings is 1. The molecule has 1 aliphatic rings. The first-order valence-electron chi connectivity index (χ1n) is 10.2. The molecule has 1 atom stereocenters. The van der Waals surface area contributed by atoms with Gasteiger partial charge in [0.25, 0.3) is 0 Å². The molecule has 3 heterocycles. The van der Waals surface area contributed by atoms with E-state index in [-0.39, 0.29) is 0 Å². The van der Waals surface area contributed by atoms with E-state index in [4.69, 9.17) is 0 Å². The zero-order chi connectivity index (χ0) is 18.9. The number of nitrogens with zero attached hydrogens (tertiary/aromatic N) is 5. The fourth-order valence-electron chi connectivity index (χ4n) is 3.71. The third-order valence-electron chi connectivity index (χ3n) is 5.33. The number of fused-ring (bicyclic) bond motifs is 1. The van der Waals surface area contributed by atoms with Crippen LogP contribution in [0.4, 0.5) is 0 Å². The van der Waals surface area contributed by atoms with E-state index in [9.17, 15) is 0 Å². The zero-order valence-electron chi connectivity index (χ0n) is 16.7. The van der Waals surface area contributed by atoms with Gasteiger partial charge in [0, 0.05) is 45.3 Å². The van der Waals surface area contributed by atoms with Crippen molar-refractivity contribution < 1.29 is 0 Å². The lowest BCUT2D eigenvalue weighted by atomic mass is 10.0. The number of hydrogen-bond acceptors (Lipinski definition) is 4. The molecular formula is C20H33N7. The molecule has 0 aliphatic carbocycles. The van der Waals surface area contributed by atoms with Crippen LogP contribution in [0.5, 0.6) is 0 Å². The van der Waals surface area contributed by atoms with Gasteiger partial charge in [0.05, 0.1) is 0 Å². The molecule has 0 radical (unpaired) electrons. The number of rotatable bonds is 8. The highest BCUT2D eigenvalue weighted by atomic mass is 15.2. The van der Waals surface area contributed by atoms with Crippen LogP contribution in [0.15, 0.2) is 29.4 Å². The maximum Gasteiger partial charge on any atom is 0.190 e. The number of aliphatic imine (C=N–C) groups is 1. The highest BCUT2D eigenvalue weighted by molar-refractivity contribution is 5.79. The summed E-state index contributed by atoms with van der Waals surface area (Å²) < 4.78 is 2.05. The van der Waals surface area contributed by atoms with Crippen LogP contribution in [0.2, 0.25) is 0 Å². The smallest absolute Gasteiger partial charge is 0.190 e. The first-order valence-corrected chi connectivity index (χ1v) is 10.2. The number of nitrogens with one attached hydrogen (secondary N) is 2. The molecule has 0 saturated carbocycles. The molecule has 7 heteroatoms. The lowest BCUT2D eigenvalue weighted by Crippen LogP contribution is -2.41. The van der Waals surface area contributed by atoms with Crippen molar-refractivity contribution in [1.82, 2.24) is 30.1 Å². The third-order valence-corrected chi connectivity index (χ3v) is 5.33. The average Bonchev–Trinajstić information content (AvgIpc) is 3.11. The summed E-state index contributed by atoms with van der Waals surface area (Å²) in [6, 6.07) is 6.71. The van der Waals surface area contributed by atoms with Crippen molar-refractivity contribution in [2.45, 2.75) is 51.5 Å². The number of hydrogen-bond donors (Lipinski definition) is 2. The highest BCUT2D eigenvalue weighted by Crippen LogP contribution is 2.16. The molecule has 7 nitrogen and oxygen atoms in total. The molecule has 0 aromatic carbocycles. The van der Waals surface area contributed by atoms with E-state index in [1.54, 1.807) is 0 Å². The second-order valence-electron chi connectivity index (χ2n) is 7.31. The average molecular weight is 372 g/mol. The van der Waals surface area contributed by atoms with E-state index in [0.29, 0.717) is 0 Å². The summed E-state index contributed by atoms with van der Waals surface area (Å²) in [4.78, 5) is 6.93. The van der Waals surface area contributed by atoms with Gasteiger partial charge in [-0.3, -0.25) is 9.39 Å². The van der Waals surface area contributed by atoms with Crippen LogP contribution in [-0.2, 0) is 6.42 Å². The molecule has 1 unspecified atom stereocenters. The van der Waals surface area contributed by atoms with E-state index in [0.717, 1.165) is 55.8 Å². The van der Waals surface area contributed by atoms with Crippen LogP contribution in [0, 0.1) is 0 Å². The first kappa shape index (κ1) is 19.6. The van der Waals surface area contributed by atoms with Crippen LogP contribution in [0.3, 0.4) is 0 Å². The Morgan fingerprint density at radius 3 is 2.85 bits per heavy atom. The van der Waals surface area contributed by atoms with Crippen LogP contribution in [-0.4, -0.2) is 64.7 Å². The Labute approximate surface area is 162 Å². The van der Waals surface area contributed by atoms with Gasteiger partial charge in [-0.05, 0) is 51.3 Å². The minimum absolute atomic E-state index is 0.740. The van der Waals surface area contributed by atoms with Gasteiger partial charge in [0.1, 0.15) is 5.82 Å². The topological polar surface area (TPSA) is 69.8 Å². The largest absolute Gasteiger partial charge is 0.356 e.